The molecule has 0 radical (unpaired) electrons. The molecule has 0 fully saturated rings. The van der Waals surface area contributed by atoms with Crippen molar-refractivity contribution in [3.8, 4) is 16.8 Å². The average molecular weight is 490 g/mol. The van der Waals surface area contributed by atoms with Gasteiger partial charge in [-0.05, 0) is 77.1 Å². The van der Waals surface area contributed by atoms with E-state index in [0.717, 1.165) is 16.6 Å². The van der Waals surface area contributed by atoms with Crippen molar-refractivity contribution in [2.24, 2.45) is 5.92 Å². The van der Waals surface area contributed by atoms with Crippen LogP contribution in [0.2, 0.25) is 0 Å². The molecule has 160 valence electrons. The minimum absolute atomic E-state index is 0.577. The number of nitrogens with zero attached hydrogens (tertiary/aromatic N) is 1. The van der Waals surface area contributed by atoms with Crippen LogP contribution in [-0.4, -0.2) is 4.57 Å². The molecule has 0 N–H and O–H groups in total. The first-order chi connectivity index (χ1) is 16.2. The predicted octanol–water partition coefficient (Wildman–Crippen LogP) is 9.19. The predicted molar refractivity (Wildman–Crippen MR) is 145 cm³/mol. The number of hydrogen-bond acceptors (Lipinski definition) is 0. The monoisotopic (exact) mass is 489 g/mol. The highest BCUT2D eigenvalue weighted by atomic mass is 79.9. The van der Waals surface area contributed by atoms with Gasteiger partial charge in [0, 0.05) is 20.9 Å². The van der Waals surface area contributed by atoms with Gasteiger partial charge in [0.15, 0.2) is 0 Å². The Morgan fingerprint density at radius 2 is 1.45 bits per heavy atom. The summed E-state index contributed by atoms with van der Waals surface area (Å²) in [4.78, 5) is 0. The molecule has 1 nitrogen and oxygen atoms in total. The Balaban J connectivity index is 1.65. The van der Waals surface area contributed by atoms with Crippen molar-refractivity contribution in [2.75, 3.05) is 0 Å². The molecule has 0 bridgehead atoms. The average Bonchev–Trinajstić information content (AvgIpc) is 3.17. The maximum absolute atomic E-state index is 3.66. The van der Waals surface area contributed by atoms with Crippen LogP contribution in [0.4, 0.5) is 0 Å². The lowest BCUT2D eigenvalue weighted by molar-refractivity contribution is 0.740. The van der Waals surface area contributed by atoms with Crippen molar-refractivity contribution in [1.29, 1.82) is 0 Å². The largest absolute Gasteiger partial charge is 0.309 e. The molecule has 5 aromatic rings. The number of allylic oxidation sites excluding steroid dienone is 4. The van der Waals surface area contributed by atoms with Crippen LogP contribution in [0, 0.1) is 5.92 Å². The van der Waals surface area contributed by atoms with Crippen LogP contribution >= 0.6 is 15.9 Å². The van der Waals surface area contributed by atoms with Crippen molar-refractivity contribution >= 4 is 43.3 Å². The van der Waals surface area contributed by atoms with Gasteiger partial charge in [0.1, 0.15) is 0 Å². The van der Waals surface area contributed by atoms with Crippen molar-refractivity contribution in [3.05, 3.63) is 119 Å². The first-order valence-corrected chi connectivity index (χ1v) is 12.2. The number of halogens is 1. The minimum atomic E-state index is 0.577. The van der Waals surface area contributed by atoms with Crippen molar-refractivity contribution in [3.63, 3.8) is 0 Å². The van der Waals surface area contributed by atoms with Gasteiger partial charge < -0.3 is 4.57 Å². The lowest BCUT2D eigenvalue weighted by atomic mass is 9.93. The van der Waals surface area contributed by atoms with Crippen molar-refractivity contribution in [2.45, 2.75) is 13.3 Å². The molecule has 0 saturated heterocycles. The molecule has 1 aliphatic carbocycles. The van der Waals surface area contributed by atoms with E-state index in [1.165, 1.54) is 44.1 Å². The van der Waals surface area contributed by atoms with Crippen LogP contribution in [0.25, 0.3) is 44.2 Å². The quantitative estimate of drug-likeness (QED) is 0.238. The molecule has 6 rings (SSSR count). The van der Waals surface area contributed by atoms with Crippen LogP contribution in [-0.2, 0) is 0 Å². The van der Waals surface area contributed by atoms with E-state index < -0.39 is 0 Å². The summed E-state index contributed by atoms with van der Waals surface area (Å²) in [5.74, 6) is 0.577. The van der Waals surface area contributed by atoms with E-state index >= 15 is 0 Å². The highest BCUT2D eigenvalue weighted by Crippen LogP contribution is 2.37. The molecule has 0 spiro atoms. The first-order valence-electron chi connectivity index (χ1n) is 11.5. The van der Waals surface area contributed by atoms with E-state index in [2.05, 4.69) is 137 Å². The van der Waals surface area contributed by atoms with Crippen LogP contribution < -0.4 is 0 Å². The number of rotatable bonds is 3. The smallest absolute Gasteiger partial charge is 0.0541 e. The summed E-state index contributed by atoms with van der Waals surface area (Å²) in [5, 5.41) is 2.56. The van der Waals surface area contributed by atoms with E-state index in [9.17, 15) is 0 Å². The SMILES string of the molecule is CC1C=C(c2ccc3c(c2)c2cc(-c4ccccc4)ccc2n3-c2cccc(Br)c2)C=CC1. The summed E-state index contributed by atoms with van der Waals surface area (Å²) in [6.45, 7) is 2.29. The third kappa shape index (κ3) is 3.65. The summed E-state index contributed by atoms with van der Waals surface area (Å²) in [6, 6.07) is 32.9. The first kappa shape index (κ1) is 20.3. The zero-order valence-corrected chi connectivity index (χ0v) is 20.1. The topological polar surface area (TPSA) is 4.93 Å². The van der Waals surface area contributed by atoms with Crippen molar-refractivity contribution in [1.82, 2.24) is 4.57 Å². The second kappa shape index (κ2) is 8.20. The van der Waals surface area contributed by atoms with E-state index in [1.54, 1.807) is 0 Å². The van der Waals surface area contributed by atoms with E-state index in [-0.39, 0.29) is 0 Å². The molecule has 1 heterocycles. The number of fused-ring (bicyclic) bond motifs is 3. The molecule has 0 saturated carbocycles. The molecule has 2 heteroatoms. The summed E-state index contributed by atoms with van der Waals surface area (Å²) in [6.07, 6.45) is 8.07. The maximum atomic E-state index is 3.66. The molecule has 33 heavy (non-hydrogen) atoms. The maximum Gasteiger partial charge on any atom is 0.0541 e. The van der Waals surface area contributed by atoms with Gasteiger partial charge in [-0.1, -0.05) is 89.6 Å². The zero-order chi connectivity index (χ0) is 22.4. The summed E-state index contributed by atoms with van der Waals surface area (Å²) in [7, 11) is 0. The van der Waals surface area contributed by atoms with Gasteiger partial charge in [0.05, 0.1) is 11.0 Å². The Kier molecular flexibility index (Phi) is 5.04. The Hall–Kier alpha value is -3.36. The fourth-order valence-electron chi connectivity index (χ4n) is 4.94. The normalized spacial score (nSPS) is 15.8. The number of benzene rings is 4. The number of aromatic nitrogens is 1. The summed E-state index contributed by atoms with van der Waals surface area (Å²) < 4.78 is 3.46. The molecular formula is C31H24BrN. The molecule has 1 unspecified atom stereocenters. The van der Waals surface area contributed by atoms with Crippen LogP contribution in [0.15, 0.2) is 114 Å². The molecule has 1 aliphatic rings. The summed E-state index contributed by atoms with van der Waals surface area (Å²) in [5.41, 5.74) is 8.70. The van der Waals surface area contributed by atoms with Gasteiger partial charge in [-0.25, -0.2) is 0 Å². The number of hydrogen-bond donors (Lipinski definition) is 0. The van der Waals surface area contributed by atoms with Crippen LogP contribution in [0.3, 0.4) is 0 Å². The van der Waals surface area contributed by atoms with E-state index in [1.807, 2.05) is 0 Å². The Morgan fingerprint density at radius 1 is 0.727 bits per heavy atom. The Bertz CT molecular complexity index is 1550. The molecule has 1 atom stereocenters. The van der Waals surface area contributed by atoms with Gasteiger partial charge in [-0.2, -0.15) is 0 Å². The highest BCUT2D eigenvalue weighted by Gasteiger charge is 2.15. The summed E-state index contributed by atoms with van der Waals surface area (Å²) >= 11 is 3.66. The minimum Gasteiger partial charge on any atom is -0.309 e. The second-order valence-corrected chi connectivity index (χ2v) is 9.80. The van der Waals surface area contributed by atoms with Crippen molar-refractivity contribution < 1.29 is 0 Å². The second-order valence-electron chi connectivity index (χ2n) is 8.88. The molecule has 0 amide bonds. The Morgan fingerprint density at radius 3 is 2.18 bits per heavy atom. The van der Waals surface area contributed by atoms with Crippen LogP contribution in [0.1, 0.15) is 18.9 Å². The molecule has 4 aromatic carbocycles. The fraction of sp³-hybridized carbons (Fsp3) is 0.0968. The van der Waals surface area contributed by atoms with E-state index in [4.69, 9.17) is 0 Å². The third-order valence-electron chi connectivity index (χ3n) is 6.54. The van der Waals surface area contributed by atoms with Gasteiger partial charge in [0.25, 0.3) is 0 Å². The third-order valence-corrected chi connectivity index (χ3v) is 7.03. The van der Waals surface area contributed by atoms with Gasteiger partial charge in [0.2, 0.25) is 0 Å². The van der Waals surface area contributed by atoms with Gasteiger partial charge in [-0.15, -0.1) is 0 Å². The highest BCUT2D eigenvalue weighted by molar-refractivity contribution is 9.10. The molecular weight excluding hydrogens is 466 g/mol. The lowest BCUT2D eigenvalue weighted by Crippen LogP contribution is -1.96. The van der Waals surface area contributed by atoms with Gasteiger partial charge >= 0.3 is 0 Å². The van der Waals surface area contributed by atoms with Crippen LogP contribution in [0.5, 0.6) is 0 Å². The van der Waals surface area contributed by atoms with Gasteiger partial charge in [-0.3, -0.25) is 0 Å². The fourth-order valence-corrected chi connectivity index (χ4v) is 5.33. The molecule has 0 aliphatic heterocycles. The Labute approximate surface area is 202 Å². The standard InChI is InChI=1S/C31H24BrN/c1-21-7-5-10-23(17-21)25-14-16-31-29(19-25)28-18-24(22-8-3-2-4-9-22)13-15-30(28)33(31)27-12-6-11-26(32)20-27/h2-6,8-21H,7H2,1H3. The lowest BCUT2D eigenvalue weighted by Gasteiger charge is -2.13. The molecule has 1 aromatic heterocycles. The van der Waals surface area contributed by atoms with E-state index in [0.29, 0.717) is 5.92 Å². The zero-order valence-electron chi connectivity index (χ0n) is 18.5.